The second-order valence-corrected chi connectivity index (χ2v) is 12.1. The number of nitrogens with one attached hydrogen (secondary N) is 1. The molecule has 0 atom stereocenters. The van der Waals surface area contributed by atoms with Gasteiger partial charge in [-0.2, -0.15) is 9.97 Å². The summed E-state index contributed by atoms with van der Waals surface area (Å²) in [6.45, 7) is 7.32. The van der Waals surface area contributed by atoms with Crippen molar-refractivity contribution in [1.29, 1.82) is 0 Å². The first-order valence-electron chi connectivity index (χ1n) is 14.8. The van der Waals surface area contributed by atoms with Crippen LogP contribution in [-0.2, 0) is 14.3 Å². The van der Waals surface area contributed by atoms with Gasteiger partial charge in [-0.15, -0.1) is 0 Å². The van der Waals surface area contributed by atoms with E-state index in [0.29, 0.717) is 69.0 Å². The van der Waals surface area contributed by atoms with Gasteiger partial charge in [0.15, 0.2) is 5.82 Å². The lowest BCUT2D eigenvalue weighted by Gasteiger charge is -2.31. The van der Waals surface area contributed by atoms with E-state index in [-0.39, 0.29) is 36.3 Å². The van der Waals surface area contributed by atoms with Crippen LogP contribution in [0.5, 0.6) is 5.88 Å². The lowest BCUT2D eigenvalue weighted by Crippen LogP contribution is -2.45. The average molecular weight is 616 g/mol. The van der Waals surface area contributed by atoms with Gasteiger partial charge in [0.2, 0.25) is 17.7 Å². The molecular weight excluding hydrogens is 576 g/mol. The Labute approximate surface area is 254 Å². The van der Waals surface area contributed by atoms with Crippen LogP contribution < -0.4 is 15.0 Å². The number of hydrogen-bond acceptors (Lipinski definition) is 9. The highest BCUT2D eigenvalue weighted by molar-refractivity contribution is 5.82. The second-order valence-electron chi connectivity index (χ2n) is 12.1. The van der Waals surface area contributed by atoms with Gasteiger partial charge in [-0.05, 0) is 58.6 Å². The molecule has 1 N–H and O–H groups in total. The fraction of sp³-hybridized carbons (Fsp3) is 0.567. The number of aromatic nitrogens is 4. The Hall–Kier alpha value is -4.07. The summed E-state index contributed by atoms with van der Waals surface area (Å²) in [5, 5.41) is 3.00. The molecule has 1 saturated carbocycles. The number of para-hydroxylation sites is 2. The first-order chi connectivity index (χ1) is 21.0. The van der Waals surface area contributed by atoms with Crippen molar-refractivity contribution in [2.24, 2.45) is 0 Å². The van der Waals surface area contributed by atoms with Crippen LogP contribution >= 0.6 is 0 Å². The van der Waals surface area contributed by atoms with E-state index in [9.17, 15) is 18.4 Å². The minimum absolute atomic E-state index is 0.0647. The fourth-order valence-electron chi connectivity index (χ4n) is 5.30. The van der Waals surface area contributed by atoms with Crippen molar-refractivity contribution in [1.82, 2.24) is 29.7 Å². The van der Waals surface area contributed by atoms with Crippen molar-refractivity contribution < 1.29 is 32.6 Å². The van der Waals surface area contributed by atoms with E-state index < -0.39 is 23.9 Å². The summed E-state index contributed by atoms with van der Waals surface area (Å²) in [5.74, 6) is 0.225. The number of nitrogens with zero attached hydrogens (tertiary/aromatic N) is 6. The van der Waals surface area contributed by atoms with Gasteiger partial charge in [-0.3, -0.25) is 9.36 Å². The number of halogens is 2. The monoisotopic (exact) mass is 615 g/mol. The molecule has 0 radical (unpaired) electrons. The first kappa shape index (κ1) is 31.4. The molecule has 238 valence electrons. The van der Waals surface area contributed by atoms with Gasteiger partial charge in [0.05, 0.1) is 24.2 Å². The standard InChI is InChI=1S/C30H39F2N7O5/c1-30(2,3)44-29(41)37(4)18-24(40)33-19-9-11-20(12-10-19)43-25-17-23(35-28(36-25)38-13-15-42-16-14-38)39-22-8-6-5-7-21(22)34-27(39)26(31)32/h5-8,17,19-20,26H,9-16,18H2,1-4H3,(H,33,40)/t19-,20-. The van der Waals surface area contributed by atoms with E-state index in [0.717, 1.165) is 0 Å². The maximum absolute atomic E-state index is 14.1. The molecule has 2 aliphatic rings. The molecule has 1 aliphatic carbocycles. The Morgan fingerprint density at radius 1 is 1.09 bits per heavy atom. The minimum Gasteiger partial charge on any atom is -0.474 e. The zero-order valence-corrected chi connectivity index (χ0v) is 25.5. The summed E-state index contributed by atoms with van der Waals surface area (Å²) in [6, 6.07) is 8.44. The molecule has 12 nitrogen and oxygen atoms in total. The molecule has 5 rings (SSSR count). The van der Waals surface area contributed by atoms with Crippen LogP contribution in [0.25, 0.3) is 16.9 Å². The van der Waals surface area contributed by atoms with E-state index in [2.05, 4.69) is 20.3 Å². The number of anilines is 1. The van der Waals surface area contributed by atoms with Crippen molar-refractivity contribution in [3.05, 3.63) is 36.2 Å². The predicted molar refractivity (Wildman–Crippen MR) is 158 cm³/mol. The number of carbonyl (C=O) groups is 2. The van der Waals surface area contributed by atoms with Crippen LogP contribution in [0.2, 0.25) is 0 Å². The highest BCUT2D eigenvalue weighted by Crippen LogP contribution is 2.31. The van der Waals surface area contributed by atoms with Crippen LogP contribution in [0.1, 0.15) is 58.7 Å². The van der Waals surface area contributed by atoms with Crippen LogP contribution in [0.3, 0.4) is 0 Å². The molecule has 1 aliphatic heterocycles. The highest BCUT2D eigenvalue weighted by Gasteiger charge is 2.28. The molecule has 44 heavy (non-hydrogen) atoms. The maximum Gasteiger partial charge on any atom is 0.410 e. The van der Waals surface area contributed by atoms with Crippen molar-refractivity contribution in [2.45, 2.75) is 70.6 Å². The highest BCUT2D eigenvalue weighted by atomic mass is 19.3. The van der Waals surface area contributed by atoms with Gasteiger partial charge in [0.25, 0.3) is 6.43 Å². The van der Waals surface area contributed by atoms with Crippen molar-refractivity contribution in [2.75, 3.05) is 44.8 Å². The summed E-state index contributed by atoms with van der Waals surface area (Å²) >= 11 is 0. The van der Waals surface area contributed by atoms with Gasteiger partial charge in [0.1, 0.15) is 24.1 Å². The number of benzene rings is 1. The summed E-state index contributed by atoms with van der Waals surface area (Å²) in [4.78, 5) is 41.5. The largest absolute Gasteiger partial charge is 0.474 e. The number of imidazole rings is 1. The lowest BCUT2D eigenvalue weighted by molar-refractivity contribution is -0.123. The third kappa shape index (κ3) is 7.71. The number of ether oxygens (including phenoxy) is 3. The number of rotatable bonds is 8. The van der Waals surface area contributed by atoms with Crippen LogP contribution in [0.15, 0.2) is 30.3 Å². The van der Waals surface area contributed by atoms with E-state index in [1.165, 1.54) is 16.5 Å². The Balaban J connectivity index is 1.28. The van der Waals surface area contributed by atoms with Gasteiger partial charge < -0.3 is 29.3 Å². The minimum atomic E-state index is -2.82. The number of amides is 2. The third-order valence-electron chi connectivity index (χ3n) is 7.39. The van der Waals surface area contributed by atoms with Crippen LogP contribution in [-0.4, -0.2) is 94.1 Å². The molecular formula is C30H39F2N7O5. The molecule has 0 bridgehead atoms. The van der Waals surface area contributed by atoms with Gasteiger partial charge in [0, 0.05) is 32.2 Å². The fourth-order valence-corrected chi connectivity index (χ4v) is 5.30. The zero-order valence-electron chi connectivity index (χ0n) is 25.5. The van der Waals surface area contributed by atoms with E-state index in [1.807, 2.05) is 4.90 Å². The number of hydrogen-bond donors (Lipinski definition) is 1. The molecule has 1 aromatic carbocycles. The number of likely N-dealkylation sites (N-methyl/N-ethyl adjacent to an activating group) is 1. The molecule has 1 saturated heterocycles. The Morgan fingerprint density at radius 3 is 2.48 bits per heavy atom. The lowest BCUT2D eigenvalue weighted by atomic mass is 9.93. The van der Waals surface area contributed by atoms with Crippen molar-refractivity contribution in [3.63, 3.8) is 0 Å². The number of carbonyl (C=O) groups excluding carboxylic acids is 2. The smallest absolute Gasteiger partial charge is 0.410 e. The van der Waals surface area contributed by atoms with E-state index in [4.69, 9.17) is 14.2 Å². The van der Waals surface area contributed by atoms with Crippen LogP contribution in [0, 0.1) is 0 Å². The number of alkyl halides is 2. The SMILES string of the molecule is CN(CC(=O)N[C@H]1CC[C@H](Oc2cc(-n3c(C(F)F)nc4ccccc43)nc(N3CCOCC3)n2)CC1)C(=O)OC(C)(C)C. The molecule has 2 amide bonds. The van der Waals surface area contributed by atoms with Crippen molar-refractivity contribution >= 4 is 29.0 Å². The summed E-state index contributed by atoms with van der Waals surface area (Å²) < 4.78 is 46.7. The van der Waals surface area contributed by atoms with Gasteiger partial charge in [-0.25, -0.2) is 18.6 Å². The molecule has 0 unspecified atom stereocenters. The molecule has 0 spiro atoms. The topological polar surface area (TPSA) is 124 Å². The quantitative estimate of drug-likeness (QED) is 0.396. The van der Waals surface area contributed by atoms with Crippen molar-refractivity contribution in [3.8, 4) is 11.7 Å². The Kier molecular flexibility index (Phi) is 9.47. The molecule has 3 aromatic rings. The predicted octanol–water partition coefficient (Wildman–Crippen LogP) is 4.26. The molecule has 2 fully saturated rings. The summed E-state index contributed by atoms with van der Waals surface area (Å²) in [7, 11) is 1.52. The third-order valence-corrected chi connectivity index (χ3v) is 7.39. The first-order valence-corrected chi connectivity index (χ1v) is 14.8. The molecule has 3 heterocycles. The van der Waals surface area contributed by atoms with E-state index in [1.54, 1.807) is 51.1 Å². The summed E-state index contributed by atoms with van der Waals surface area (Å²) in [6.07, 6.45) is -0.935. The van der Waals surface area contributed by atoms with Gasteiger partial charge >= 0.3 is 6.09 Å². The maximum atomic E-state index is 14.1. The van der Waals surface area contributed by atoms with Crippen LogP contribution in [0.4, 0.5) is 19.5 Å². The second kappa shape index (κ2) is 13.3. The van der Waals surface area contributed by atoms with E-state index >= 15 is 0 Å². The van der Waals surface area contributed by atoms with Gasteiger partial charge in [-0.1, -0.05) is 12.1 Å². The Bertz CT molecular complexity index is 1460. The molecule has 14 heteroatoms. The Morgan fingerprint density at radius 2 is 1.80 bits per heavy atom. The normalized spacial score (nSPS) is 19.2. The summed E-state index contributed by atoms with van der Waals surface area (Å²) in [5.41, 5.74) is 0.300. The number of fused-ring (bicyclic) bond motifs is 1. The zero-order chi connectivity index (χ0) is 31.4. The molecule has 2 aromatic heterocycles. The number of morpholine rings is 1. The average Bonchev–Trinajstić information content (AvgIpc) is 3.38.